The minimum atomic E-state index is -3.33. The molecular weight excluding hydrogens is 314 g/mol. The van der Waals surface area contributed by atoms with Crippen molar-refractivity contribution in [2.24, 2.45) is 0 Å². The summed E-state index contributed by atoms with van der Waals surface area (Å²) in [7, 11) is -1.84. The predicted octanol–water partition coefficient (Wildman–Crippen LogP) is 1.72. The Morgan fingerprint density at radius 3 is 2.43 bits per heavy atom. The van der Waals surface area contributed by atoms with Gasteiger partial charge in [0.1, 0.15) is 0 Å². The number of benzene rings is 1. The zero-order chi connectivity index (χ0) is 17.0. The second-order valence-corrected chi connectivity index (χ2v) is 7.28. The number of amides is 1. The van der Waals surface area contributed by atoms with Crippen molar-refractivity contribution in [3.8, 4) is 0 Å². The molecular formula is C16H19N3O3S. The van der Waals surface area contributed by atoms with Gasteiger partial charge in [0.15, 0.2) is 0 Å². The van der Waals surface area contributed by atoms with Gasteiger partial charge in [0, 0.05) is 31.5 Å². The van der Waals surface area contributed by atoms with E-state index in [9.17, 15) is 13.2 Å². The van der Waals surface area contributed by atoms with Gasteiger partial charge < -0.3 is 5.32 Å². The van der Waals surface area contributed by atoms with Crippen molar-refractivity contribution in [3.05, 3.63) is 59.4 Å². The smallest absolute Gasteiger partial charge is 0.251 e. The van der Waals surface area contributed by atoms with Crippen LogP contribution >= 0.6 is 0 Å². The summed E-state index contributed by atoms with van der Waals surface area (Å²) in [5.41, 5.74) is 2.72. The van der Waals surface area contributed by atoms with Gasteiger partial charge in [-0.15, -0.1) is 0 Å². The summed E-state index contributed by atoms with van der Waals surface area (Å²) in [4.78, 5) is 16.1. The lowest BCUT2D eigenvalue weighted by Gasteiger charge is -2.19. The van der Waals surface area contributed by atoms with Gasteiger partial charge in [-0.1, -0.05) is 0 Å². The Hall–Kier alpha value is -2.41. The molecule has 0 radical (unpaired) electrons. The van der Waals surface area contributed by atoms with Gasteiger partial charge in [0.2, 0.25) is 10.0 Å². The Labute approximate surface area is 136 Å². The average Bonchev–Trinajstić information content (AvgIpc) is 2.52. The van der Waals surface area contributed by atoms with Crippen LogP contribution in [0.4, 0.5) is 5.69 Å². The Morgan fingerprint density at radius 2 is 1.87 bits per heavy atom. The van der Waals surface area contributed by atoms with E-state index >= 15 is 0 Å². The number of pyridine rings is 1. The maximum atomic E-state index is 12.2. The Bertz CT molecular complexity index is 805. The standard InChI is InChI=1S/C16H19N3O3S/c1-12-10-14(4-5-15(12)19(2)23(3,21)22)16(20)18-11-13-6-8-17-9-7-13/h4-10H,11H2,1-3H3,(H,18,20). The molecule has 1 aromatic heterocycles. The molecule has 6 nitrogen and oxygen atoms in total. The summed E-state index contributed by atoms with van der Waals surface area (Å²) in [5.74, 6) is -0.210. The van der Waals surface area contributed by atoms with Crippen LogP contribution < -0.4 is 9.62 Å². The number of aromatic nitrogens is 1. The molecule has 0 saturated heterocycles. The lowest BCUT2D eigenvalue weighted by molar-refractivity contribution is 0.0951. The predicted molar refractivity (Wildman–Crippen MR) is 89.8 cm³/mol. The van der Waals surface area contributed by atoms with Crippen LogP contribution in [0.2, 0.25) is 0 Å². The Kier molecular flexibility index (Phi) is 5.00. The molecule has 0 atom stereocenters. The Morgan fingerprint density at radius 1 is 1.22 bits per heavy atom. The van der Waals surface area contributed by atoms with Gasteiger partial charge in [-0.2, -0.15) is 0 Å². The van der Waals surface area contributed by atoms with Crippen LogP contribution in [0.3, 0.4) is 0 Å². The largest absolute Gasteiger partial charge is 0.348 e. The minimum Gasteiger partial charge on any atom is -0.348 e. The summed E-state index contributed by atoms with van der Waals surface area (Å²) < 4.78 is 24.4. The molecule has 1 amide bonds. The van der Waals surface area contributed by atoms with Gasteiger partial charge in [-0.25, -0.2) is 8.42 Å². The molecule has 0 spiro atoms. The van der Waals surface area contributed by atoms with Crippen LogP contribution in [0.15, 0.2) is 42.7 Å². The number of rotatable bonds is 5. The van der Waals surface area contributed by atoms with E-state index in [4.69, 9.17) is 0 Å². The van der Waals surface area contributed by atoms with E-state index < -0.39 is 10.0 Å². The van der Waals surface area contributed by atoms with Gasteiger partial charge in [0.05, 0.1) is 11.9 Å². The second kappa shape index (κ2) is 6.78. The summed E-state index contributed by atoms with van der Waals surface area (Å²) >= 11 is 0. The molecule has 0 saturated carbocycles. The van der Waals surface area contributed by atoms with E-state index in [1.54, 1.807) is 37.5 Å². The number of nitrogens with zero attached hydrogens (tertiary/aromatic N) is 2. The fourth-order valence-electron chi connectivity index (χ4n) is 2.11. The Balaban J connectivity index is 2.12. The van der Waals surface area contributed by atoms with Gasteiger partial charge in [-0.05, 0) is 48.4 Å². The van der Waals surface area contributed by atoms with Crippen LogP contribution in [0.5, 0.6) is 0 Å². The van der Waals surface area contributed by atoms with E-state index in [-0.39, 0.29) is 5.91 Å². The fraction of sp³-hybridized carbons (Fsp3) is 0.250. The highest BCUT2D eigenvalue weighted by Gasteiger charge is 2.15. The number of carbonyl (C=O) groups is 1. The first kappa shape index (κ1) is 17.0. The minimum absolute atomic E-state index is 0.210. The number of anilines is 1. The molecule has 0 fully saturated rings. The first-order valence-electron chi connectivity index (χ1n) is 7.00. The average molecular weight is 333 g/mol. The molecule has 0 aliphatic rings. The third kappa shape index (κ3) is 4.29. The van der Waals surface area contributed by atoms with E-state index in [0.29, 0.717) is 17.8 Å². The molecule has 2 aromatic rings. The third-order valence-corrected chi connectivity index (χ3v) is 4.69. The summed E-state index contributed by atoms with van der Waals surface area (Å²) in [6, 6.07) is 8.59. The maximum absolute atomic E-state index is 12.2. The molecule has 7 heteroatoms. The van der Waals surface area contributed by atoms with Crippen molar-refractivity contribution in [1.29, 1.82) is 0 Å². The summed E-state index contributed by atoms with van der Waals surface area (Å²) in [6.07, 6.45) is 4.48. The second-order valence-electron chi connectivity index (χ2n) is 5.27. The number of sulfonamides is 1. The van der Waals surface area contributed by atoms with Crippen LogP contribution in [-0.4, -0.2) is 32.6 Å². The van der Waals surface area contributed by atoms with Crippen LogP contribution in [0.1, 0.15) is 21.5 Å². The van der Waals surface area contributed by atoms with Crippen LogP contribution in [0.25, 0.3) is 0 Å². The van der Waals surface area contributed by atoms with Crippen molar-refractivity contribution in [2.45, 2.75) is 13.5 Å². The van der Waals surface area contributed by atoms with Gasteiger partial charge >= 0.3 is 0 Å². The molecule has 23 heavy (non-hydrogen) atoms. The highest BCUT2D eigenvalue weighted by molar-refractivity contribution is 7.92. The normalized spacial score (nSPS) is 11.1. The van der Waals surface area contributed by atoms with Gasteiger partial charge in [-0.3, -0.25) is 14.1 Å². The van der Waals surface area contributed by atoms with Crippen molar-refractivity contribution < 1.29 is 13.2 Å². The number of hydrogen-bond donors (Lipinski definition) is 1. The maximum Gasteiger partial charge on any atom is 0.251 e. The SMILES string of the molecule is Cc1cc(C(=O)NCc2ccncc2)ccc1N(C)S(C)(=O)=O. The molecule has 122 valence electrons. The molecule has 1 heterocycles. The summed E-state index contributed by atoms with van der Waals surface area (Å²) in [5, 5.41) is 2.82. The van der Waals surface area contributed by atoms with E-state index in [0.717, 1.165) is 17.4 Å². The third-order valence-electron chi connectivity index (χ3n) is 3.50. The lowest BCUT2D eigenvalue weighted by Crippen LogP contribution is -2.26. The van der Waals surface area contributed by atoms with Crippen molar-refractivity contribution in [2.75, 3.05) is 17.6 Å². The molecule has 0 aliphatic carbocycles. The van der Waals surface area contributed by atoms with E-state index in [2.05, 4.69) is 10.3 Å². The van der Waals surface area contributed by atoms with Crippen LogP contribution in [0, 0.1) is 6.92 Å². The molecule has 0 aliphatic heterocycles. The van der Waals surface area contributed by atoms with Crippen molar-refractivity contribution in [1.82, 2.24) is 10.3 Å². The first-order valence-corrected chi connectivity index (χ1v) is 8.85. The van der Waals surface area contributed by atoms with Gasteiger partial charge in [0.25, 0.3) is 5.91 Å². The monoisotopic (exact) mass is 333 g/mol. The topological polar surface area (TPSA) is 79.4 Å². The number of carbonyl (C=O) groups excluding carboxylic acids is 1. The van der Waals surface area contributed by atoms with Crippen LogP contribution in [-0.2, 0) is 16.6 Å². The molecule has 0 bridgehead atoms. The van der Waals surface area contributed by atoms with E-state index in [1.807, 2.05) is 12.1 Å². The van der Waals surface area contributed by atoms with Crippen molar-refractivity contribution in [3.63, 3.8) is 0 Å². The first-order chi connectivity index (χ1) is 10.8. The van der Waals surface area contributed by atoms with E-state index in [1.165, 1.54) is 11.4 Å². The number of hydrogen-bond acceptors (Lipinski definition) is 4. The summed E-state index contributed by atoms with van der Waals surface area (Å²) in [6.45, 7) is 2.18. The highest BCUT2D eigenvalue weighted by atomic mass is 32.2. The van der Waals surface area contributed by atoms with Crippen molar-refractivity contribution >= 4 is 21.6 Å². The quantitative estimate of drug-likeness (QED) is 0.903. The highest BCUT2D eigenvalue weighted by Crippen LogP contribution is 2.22. The molecule has 1 N–H and O–H groups in total. The zero-order valence-electron chi connectivity index (χ0n) is 13.3. The zero-order valence-corrected chi connectivity index (χ0v) is 14.1. The fourth-order valence-corrected chi connectivity index (χ4v) is 2.68. The molecule has 0 unspecified atom stereocenters. The molecule has 1 aromatic carbocycles. The number of aryl methyl sites for hydroxylation is 1. The number of nitrogens with one attached hydrogen (secondary N) is 1. The lowest BCUT2D eigenvalue weighted by atomic mass is 10.1. The molecule has 2 rings (SSSR count).